The van der Waals surface area contributed by atoms with E-state index in [1.54, 1.807) is 24.3 Å². The molecule has 1 amide bonds. The third-order valence-corrected chi connectivity index (χ3v) is 4.68. The molecule has 0 bridgehead atoms. The zero-order valence-electron chi connectivity index (χ0n) is 13.6. The predicted molar refractivity (Wildman–Crippen MR) is 94.9 cm³/mol. The highest BCUT2D eigenvalue weighted by Crippen LogP contribution is 2.50. The first-order valence-electron chi connectivity index (χ1n) is 7.94. The van der Waals surface area contributed by atoms with Gasteiger partial charge in [0.25, 0.3) is 5.91 Å². The van der Waals surface area contributed by atoms with Gasteiger partial charge in [0, 0.05) is 17.5 Å². The number of allylic oxidation sites excluding steroid dienone is 5. The number of rotatable bonds is 8. The summed E-state index contributed by atoms with van der Waals surface area (Å²) < 4.78 is 5.68. The third-order valence-electron chi connectivity index (χ3n) is 4.68. The summed E-state index contributed by atoms with van der Waals surface area (Å²) in [6.07, 6.45) is 14.0. The SMILES string of the molecule is C=C/C=C(\C=C)C(=O)NCC1(/C(C=C)=C/C=C)CCC2OC2C1. The van der Waals surface area contributed by atoms with Gasteiger partial charge >= 0.3 is 0 Å². The molecule has 1 saturated heterocycles. The van der Waals surface area contributed by atoms with Crippen LogP contribution in [0.3, 0.4) is 0 Å². The molecule has 0 spiro atoms. The van der Waals surface area contributed by atoms with Gasteiger partial charge in [0.15, 0.2) is 0 Å². The molecule has 1 saturated carbocycles. The fourth-order valence-electron chi connectivity index (χ4n) is 3.35. The van der Waals surface area contributed by atoms with Gasteiger partial charge < -0.3 is 10.1 Å². The average molecular weight is 311 g/mol. The van der Waals surface area contributed by atoms with E-state index in [0.717, 1.165) is 24.8 Å². The Hall–Kier alpha value is -2.13. The quantitative estimate of drug-likeness (QED) is 0.422. The Kier molecular flexibility index (Phi) is 5.56. The predicted octanol–water partition coefficient (Wildman–Crippen LogP) is 3.64. The van der Waals surface area contributed by atoms with E-state index < -0.39 is 0 Å². The minimum Gasteiger partial charge on any atom is -0.370 e. The van der Waals surface area contributed by atoms with Gasteiger partial charge in [0.2, 0.25) is 0 Å². The van der Waals surface area contributed by atoms with Gasteiger partial charge in [-0.25, -0.2) is 0 Å². The molecule has 1 heterocycles. The number of hydrogen-bond acceptors (Lipinski definition) is 2. The first-order valence-corrected chi connectivity index (χ1v) is 7.94. The van der Waals surface area contributed by atoms with Crippen LogP contribution in [0.15, 0.2) is 73.9 Å². The second-order valence-electron chi connectivity index (χ2n) is 6.04. The first kappa shape index (κ1) is 17.2. The lowest BCUT2D eigenvalue weighted by Gasteiger charge is -2.37. The summed E-state index contributed by atoms with van der Waals surface area (Å²) in [7, 11) is 0. The molecule has 122 valence electrons. The van der Waals surface area contributed by atoms with Gasteiger partial charge in [-0.1, -0.05) is 62.8 Å². The van der Waals surface area contributed by atoms with Crippen molar-refractivity contribution in [1.82, 2.24) is 5.32 Å². The second kappa shape index (κ2) is 7.42. The van der Waals surface area contributed by atoms with Crippen molar-refractivity contribution < 1.29 is 9.53 Å². The van der Waals surface area contributed by atoms with E-state index in [9.17, 15) is 4.79 Å². The van der Waals surface area contributed by atoms with E-state index in [0.29, 0.717) is 24.3 Å². The smallest absolute Gasteiger partial charge is 0.251 e. The lowest BCUT2D eigenvalue weighted by atomic mass is 9.68. The summed E-state index contributed by atoms with van der Waals surface area (Å²) in [5.74, 6) is -0.139. The summed E-state index contributed by atoms with van der Waals surface area (Å²) >= 11 is 0. The second-order valence-corrected chi connectivity index (χ2v) is 6.04. The van der Waals surface area contributed by atoms with Gasteiger partial charge in [-0.2, -0.15) is 0 Å². The third kappa shape index (κ3) is 3.80. The number of carbonyl (C=O) groups excluding carboxylic acids is 1. The van der Waals surface area contributed by atoms with E-state index in [-0.39, 0.29) is 11.3 Å². The van der Waals surface area contributed by atoms with E-state index in [4.69, 9.17) is 4.74 Å². The minimum absolute atomic E-state index is 0.139. The minimum atomic E-state index is -0.149. The zero-order valence-corrected chi connectivity index (χ0v) is 13.6. The number of nitrogens with one attached hydrogen (secondary N) is 1. The summed E-state index contributed by atoms with van der Waals surface area (Å²) in [6.45, 7) is 15.6. The highest BCUT2D eigenvalue weighted by molar-refractivity contribution is 5.96. The summed E-state index contributed by atoms with van der Waals surface area (Å²) in [6, 6.07) is 0. The van der Waals surface area contributed by atoms with Gasteiger partial charge in [-0.3, -0.25) is 4.79 Å². The van der Waals surface area contributed by atoms with Crippen LogP contribution in [0.1, 0.15) is 19.3 Å². The van der Waals surface area contributed by atoms with E-state index >= 15 is 0 Å². The molecule has 0 aromatic carbocycles. The van der Waals surface area contributed by atoms with Crippen LogP contribution in [0, 0.1) is 5.41 Å². The number of carbonyl (C=O) groups is 1. The van der Waals surface area contributed by atoms with Gasteiger partial charge in [-0.05, 0) is 24.8 Å². The molecule has 3 unspecified atom stereocenters. The lowest BCUT2D eigenvalue weighted by Crippen LogP contribution is -2.42. The molecule has 2 rings (SSSR count). The van der Waals surface area contributed by atoms with E-state index in [1.807, 2.05) is 12.2 Å². The molecule has 3 atom stereocenters. The summed E-state index contributed by atoms with van der Waals surface area (Å²) in [5, 5.41) is 3.04. The number of epoxide rings is 1. The monoisotopic (exact) mass is 311 g/mol. The molecule has 1 aliphatic heterocycles. The highest BCUT2D eigenvalue weighted by Gasteiger charge is 2.51. The Labute approximate surface area is 138 Å². The van der Waals surface area contributed by atoms with E-state index in [1.165, 1.54) is 0 Å². The topological polar surface area (TPSA) is 41.6 Å². The highest BCUT2D eigenvalue weighted by atomic mass is 16.6. The van der Waals surface area contributed by atoms with Crippen molar-refractivity contribution in [2.45, 2.75) is 31.5 Å². The van der Waals surface area contributed by atoms with Crippen LogP contribution in [0.4, 0.5) is 0 Å². The Morgan fingerprint density at radius 3 is 2.43 bits per heavy atom. The summed E-state index contributed by atoms with van der Waals surface area (Å²) in [5.41, 5.74) is 1.47. The van der Waals surface area contributed by atoms with Crippen molar-refractivity contribution in [2.75, 3.05) is 6.54 Å². The molecule has 23 heavy (non-hydrogen) atoms. The Balaban J connectivity index is 2.17. The van der Waals surface area contributed by atoms with Crippen LogP contribution in [-0.2, 0) is 9.53 Å². The van der Waals surface area contributed by atoms with Crippen LogP contribution in [-0.4, -0.2) is 24.7 Å². The molecule has 1 N–H and O–H groups in total. The van der Waals surface area contributed by atoms with Crippen LogP contribution in [0.2, 0.25) is 0 Å². The largest absolute Gasteiger partial charge is 0.370 e. The van der Waals surface area contributed by atoms with Gasteiger partial charge in [0.05, 0.1) is 12.2 Å². The van der Waals surface area contributed by atoms with Gasteiger partial charge in [0.1, 0.15) is 0 Å². The first-order chi connectivity index (χ1) is 11.1. The molecule has 2 fully saturated rings. The van der Waals surface area contributed by atoms with Crippen molar-refractivity contribution in [2.24, 2.45) is 5.41 Å². The number of fused-ring (bicyclic) bond motifs is 1. The molecule has 0 radical (unpaired) electrons. The lowest BCUT2D eigenvalue weighted by molar-refractivity contribution is -0.117. The fourth-order valence-corrected chi connectivity index (χ4v) is 3.35. The van der Waals surface area contributed by atoms with Crippen LogP contribution < -0.4 is 5.32 Å². The van der Waals surface area contributed by atoms with Crippen molar-refractivity contribution in [3.8, 4) is 0 Å². The Morgan fingerprint density at radius 1 is 1.13 bits per heavy atom. The molecular weight excluding hydrogens is 286 g/mol. The van der Waals surface area contributed by atoms with Gasteiger partial charge in [-0.15, -0.1) is 0 Å². The maximum absolute atomic E-state index is 12.3. The van der Waals surface area contributed by atoms with Crippen molar-refractivity contribution in [3.05, 3.63) is 73.9 Å². The molecule has 1 aliphatic carbocycles. The van der Waals surface area contributed by atoms with Crippen LogP contribution >= 0.6 is 0 Å². The Morgan fingerprint density at radius 2 is 1.87 bits per heavy atom. The maximum atomic E-state index is 12.3. The molecule has 0 aromatic rings. The number of amides is 1. The average Bonchev–Trinajstić information content (AvgIpc) is 3.33. The van der Waals surface area contributed by atoms with Crippen molar-refractivity contribution in [1.29, 1.82) is 0 Å². The van der Waals surface area contributed by atoms with Crippen LogP contribution in [0.5, 0.6) is 0 Å². The summed E-state index contributed by atoms with van der Waals surface area (Å²) in [4.78, 5) is 12.3. The number of hydrogen-bond donors (Lipinski definition) is 1. The van der Waals surface area contributed by atoms with Crippen molar-refractivity contribution >= 4 is 5.91 Å². The van der Waals surface area contributed by atoms with Crippen LogP contribution in [0.25, 0.3) is 0 Å². The zero-order chi connectivity index (χ0) is 16.9. The molecule has 3 nitrogen and oxygen atoms in total. The normalized spacial score (nSPS) is 29.9. The standard InChI is InChI=1S/C20H25NO2/c1-5-9-15(7-3)19(22)21-14-20(16(8-4)10-6-2)12-11-17-18(13-20)23-17/h5-10,17-18H,1-4,11-14H2,(H,21,22)/b15-9+,16-10+. The molecular formula is C20H25NO2. The molecule has 2 aliphatic rings. The number of ether oxygens (including phenoxy) is 1. The molecule has 3 heteroatoms. The molecule has 0 aromatic heterocycles. The van der Waals surface area contributed by atoms with Crippen molar-refractivity contribution in [3.63, 3.8) is 0 Å². The fraction of sp³-hybridized carbons (Fsp3) is 0.350. The van der Waals surface area contributed by atoms with E-state index in [2.05, 4.69) is 31.6 Å². The Bertz CT molecular complexity index is 584. The maximum Gasteiger partial charge on any atom is 0.251 e.